The minimum atomic E-state index is -0.376. The molecule has 6 heteroatoms. The van der Waals surface area contributed by atoms with Crippen LogP contribution in [0.1, 0.15) is 21.8 Å². The molecule has 0 aliphatic heterocycles. The zero-order valence-electron chi connectivity index (χ0n) is 11.7. The molecule has 0 saturated carbocycles. The Labute approximate surface area is 121 Å². The third kappa shape index (κ3) is 2.55. The molecule has 6 nitrogen and oxygen atoms in total. The van der Waals surface area contributed by atoms with Crippen molar-refractivity contribution in [1.29, 1.82) is 0 Å². The number of amides is 1. The lowest BCUT2D eigenvalue weighted by Gasteiger charge is -1.99. The van der Waals surface area contributed by atoms with Gasteiger partial charge in [0.05, 0.1) is 0 Å². The molecule has 0 aliphatic rings. The summed E-state index contributed by atoms with van der Waals surface area (Å²) < 4.78 is 5.10. The van der Waals surface area contributed by atoms with E-state index in [0.29, 0.717) is 11.5 Å². The number of H-pyrrole nitrogens is 1. The first-order chi connectivity index (χ1) is 10.1. The van der Waals surface area contributed by atoms with Crippen molar-refractivity contribution in [2.75, 3.05) is 5.32 Å². The van der Waals surface area contributed by atoms with Crippen LogP contribution in [0, 0.1) is 13.8 Å². The first-order valence-corrected chi connectivity index (χ1v) is 6.50. The Bertz CT molecular complexity index is 774. The molecule has 0 saturated heterocycles. The van der Waals surface area contributed by atoms with Gasteiger partial charge in [-0.2, -0.15) is 5.10 Å². The summed E-state index contributed by atoms with van der Waals surface area (Å²) in [7, 11) is 0. The number of aromatic nitrogens is 3. The monoisotopic (exact) mass is 282 g/mol. The van der Waals surface area contributed by atoms with E-state index in [1.54, 1.807) is 6.07 Å². The van der Waals surface area contributed by atoms with Gasteiger partial charge in [0.2, 0.25) is 5.76 Å². The van der Waals surface area contributed by atoms with Gasteiger partial charge in [-0.15, -0.1) is 0 Å². The molecule has 21 heavy (non-hydrogen) atoms. The normalized spacial score (nSPS) is 10.6. The lowest BCUT2D eigenvalue weighted by Crippen LogP contribution is -2.12. The molecule has 0 spiro atoms. The Morgan fingerprint density at radius 2 is 2.00 bits per heavy atom. The molecule has 0 unspecified atom stereocenters. The van der Waals surface area contributed by atoms with Gasteiger partial charge in [-0.25, -0.2) is 0 Å². The van der Waals surface area contributed by atoms with Crippen molar-refractivity contribution in [3.63, 3.8) is 0 Å². The highest BCUT2D eigenvalue weighted by molar-refractivity contribution is 6.02. The van der Waals surface area contributed by atoms with Crippen LogP contribution in [0.15, 0.2) is 40.9 Å². The van der Waals surface area contributed by atoms with E-state index in [-0.39, 0.29) is 11.7 Å². The smallest absolute Gasteiger partial charge is 0.295 e. The molecule has 0 radical (unpaired) electrons. The molecular formula is C15H14N4O2. The van der Waals surface area contributed by atoms with Crippen LogP contribution in [0.25, 0.3) is 11.3 Å². The van der Waals surface area contributed by atoms with Crippen LogP contribution in [0.3, 0.4) is 0 Å². The highest BCUT2D eigenvalue weighted by atomic mass is 16.5. The van der Waals surface area contributed by atoms with Gasteiger partial charge < -0.3 is 9.84 Å². The number of carbonyl (C=O) groups is 1. The van der Waals surface area contributed by atoms with E-state index >= 15 is 0 Å². The van der Waals surface area contributed by atoms with Crippen LogP contribution in [-0.4, -0.2) is 21.3 Å². The van der Waals surface area contributed by atoms with E-state index in [9.17, 15) is 4.79 Å². The molecule has 1 aromatic carbocycles. The Morgan fingerprint density at radius 1 is 1.24 bits per heavy atom. The van der Waals surface area contributed by atoms with E-state index in [2.05, 4.69) is 20.7 Å². The zero-order chi connectivity index (χ0) is 14.8. The minimum absolute atomic E-state index is 0.147. The molecule has 2 N–H and O–H groups in total. The van der Waals surface area contributed by atoms with Gasteiger partial charge in [0, 0.05) is 22.9 Å². The Kier molecular flexibility index (Phi) is 3.27. The molecule has 1 amide bonds. The second-order valence-electron chi connectivity index (χ2n) is 4.72. The van der Waals surface area contributed by atoms with Gasteiger partial charge in [-0.3, -0.25) is 9.89 Å². The second kappa shape index (κ2) is 5.24. The molecule has 0 fully saturated rings. The maximum absolute atomic E-state index is 12.1. The topological polar surface area (TPSA) is 83.8 Å². The Balaban J connectivity index is 1.80. The maximum atomic E-state index is 12.1. The average molecular weight is 282 g/mol. The largest absolute Gasteiger partial charge is 0.350 e. The third-order valence-electron chi connectivity index (χ3n) is 3.29. The summed E-state index contributed by atoms with van der Waals surface area (Å²) >= 11 is 0. The van der Waals surface area contributed by atoms with E-state index in [1.807, 2.05) is 44.2 Å². The van der Waals surface area contributed by atoms with Gasteiger partial charge in [0.25, 0.3) is 5.91 Å². The van der Waals surface area contributed by atoms with Gasteiger partial charge in [0.1, 0.15) is 5.69 Å². The fraction of sp³-hybridized carbons (Fsp3) is 0.133. The van der Waals surface area contributed by atoms with Crippen LogP contribution < -0.4 is 5.32 Å². The number of hydrogen-bond donors (Lipinski definition) is 2. The summed E-state index contributed by atoms with van der Waals surface area (Å²) in [5.74, 6) is 0.267. The lowest BCUT2D eigenvalue weighted by atomic mass is 10.1. The van der Waals surface area contributed by atoms with Crippen LogP contribution in [0.4, 0.5) is 5.82 Å². The number of aromatic amines is 1. The summed E-state index contributed by atoms with van der Waals surface area (Å²) in [6.45, 7) is 3.77. The molecule has 3 rings (SSSR count). The third-order valence-corrected chi connectivity index (χ3v) is 3.29. The molecule has 106 valence electrons. The standard InChI is InChI=1S/C15H14N4O2/c1-9-10(2)17-18-14(9)16-15(20)13-8-12(19-21-13)11-6-4-3-5-7-11/h3-8H,1-2H3,(H2,16,17,18,20). The minimum Gasteiger partial charge on any atom is -0.350 e. The predicted octanol–water partition coefficient (Wildman–Crippen LogP) is 2.93. The van der Waals surface area contributed by atoms with Crippen molar-refractivity contribution in [3.8, 4) is 11.3 Å². The fourth-order valence-corrected chi connectivity index (χ4v) is 1.90. The van der Waals surface area contributed by atoms with Gasteiger partial charge in [-0.05, 0) is 13.8 Å². The van der Waals surface area contributed by atoms with Crippen molar-refractivity contribution in [3.05, 3.63) is 53.4 Å². The number of carbonyl (C=O) groups excluding carboxylic acids is 1. The SMILES string of the molecule is Cc1[nH]nc(NC(=O)c2cc(-c3ccccc3)no2)c1C. The molecule has 0 bridgehead atoms. The van der Waals surface area contributed by atoms with Crippen LogP contribution in [0.5, 0.6) is 0 Å². The number of rotatable bonds is 3. The summed E-state index contributed by atoms with van der Waals surface area (Å²) in [5, 5.41) is 13.5. The fourth-order valence-electron chi connectivity index (χ4n) is 1.90. The van der Waals surface area contributed by atoms with Crippen molar-refractivity contribution in [2.45, 2.75) is 13.8 Å². The Morgan fingerprint density at radius 3 is 2.67 bits per heavy atom. The molecule has 0 aliphatic carbocycles. The summed E-state index contributed by atoms with van der Waals surface area (Å²) in [6.07, 6.45) is 0. The average Bonchev–Trinajstić information content (AvgIpc) is 3.11. The van der Waals surface area contributed by atoms with Crippen LogP contribution in [0.2, 0.25) is 0 Å². The molecule has 2 aromatic heterocycles. The van der Waals surface area contributed by atoms with E-state index in [4.69, 9.17) is 4.52 Å². The highest BCUT2D eigenvalue weighted by Gasteiger charge is 2.16. The summed E-state index contributed by atoms with van der Waals surface area (Å²) in [6, 6.07) is 11.1. The first kappa shape index (κ1) is 13.1. The van der Waals surface area contributed by atoms with Crippen molar-refractivity contribution in [2.24, 2.45) is 0 Å². The molecule has 2 heterocycles. The molecular weight excluding hydrogens is 268 g/mol. The number of nitrogens with zero attached hydrogens (tertiary/aromatic N) is 2. The lowest BCUT2D eigenvalue weighted by molar-refractivity contribution is 0.0987. The van der Waals surface area contributed by atoms with Crippen LogP contribution in [-0.2, 0) is 0 Å². The highest BCUT2D eigenvalue weighted by Crippen LogP contribution is 2.20. The van der Waals surface area contributed by atoms with E-state index < -0.39 is 0 Å². The Hall–Kier alpha value is -2.89. The van der Waals surface area contributed by atoms with Crippen molar-refractivity contribution < 1.29 is 9.32 Å². The number of nitrogens with one attached hydrogen (secondary N) is 2. The summed E-state index contributed by atoms with van der Waals surface area (Å²) in [4.78, 5) is 12.1. The van der Waals surface area contributed by atoms with Crippen molar-refractivity contribution >= 4 is 11.7 Å². The van der Waals surface area contributed by atoms with E-state index in [1.165, 1.54) is 0 Å². The molecule has 0 atom stereocenters. The van der Waals surface area contributed by atoms with Gasteiger partial charge in [-0.1, -0.05) is 35.5 Å². The van der Waals surface area contributed by atoms with Crippen LogP contribution >= 0.6 is 0 Å². The van der Waals surface area contributed by atoms with E-state index in [0.717, 1.165) is 16.8 Å². The van der Waals surface area contributed by atoms with Crippen molar-refractivity contribution in [1.82, 2.24) is 15.4 Å². The maximum Gasteiger partial charge on any atom is 0.295 e. The predicted molar refractivity (Wildman–Crippen MR) is 78.0 cm³/mol. The number of anilines is 1. The number of benzene rings is 1. The zero-order valence-corrected chi connectivity index (χ0v) is 11.7. The van der Waals surface area contributed by atoms with Gasteiger partial charge in [0.15, 0.2) is 5.82 Å². The number of aryl methyl sites for hydroxylation is 1. The quantitative estimate of drug-likeness (QED) is 0.773. The molecule has 3 aromatic rings. The van der Waals surface area contributed by atoms with Gasteiger partial charge >= 0.3 is 0 Å². The second-order valence-corrected chi connectivity index (χ2v) is 4.72. The summed E-state index contributed by atoms with van der Waals surface area (Å²) in [5.41, 5.74) is 3.32. The number of hydrogen-bond acceptors (Lipinski definition) is 4. The first-order valence-electron chi connectivity index (χ1n) is 6.50.